The Bertz CT molecular complexity index is 1290. The van der Waals surface area contributed by atoms with Gasteiger partial charge in [-0.25, -0.2) is 4.79 Å². The van der Waals surface area contributed by atoms with E-state index in [4.69, 9.17) is 37.4 Å². The van der Waals surface area contributed by atoms with Gasteiger partial charge in [0.25, 0.3) is 0 Å². The van der Waals surface area contributed by atoms with Crippen LogP contribution in [0.4, 0.5) is 10.5 Å². The Balaban J connectivity index is 1.77. The summed E-state index contributed by atoms with van der Waals surface area (Å²) in [5, 5.41) is 3.58. The van der Waals surface area contributed by atoms with Crippen molar-refractivity contribution in [1.82, 2.24) is 9.80 Å². The molecular formula is C29H35Cl2N3O5S. The average molecular weight is 609 g/mol. The molecule has 1 aromatic heterocycles. The normalized spacial score (nSPS) is 10.8. The highest BCUT2D eigenvalue weighted by atomic mass is 35.5. The number of hydrogen-bond acceptors (Lipinski definition) is 6. The number of ether oxygens (including phenoxy) is 3. The largest absolute Gasteiger partial charge is 0.493 e. The van der Waals surface area contributed by atoms with Crippen molar-refractivity contribution >= 4 is 52.2 Å². The number of urea groups is 1. The summed E-state index contributed by atoms with van der Waals surface area (Å²) in [4.78, 5) is 32.5. The quantitative estimate of drug-likeness (QED) is 0.211. The lowest BCUT2D eigenvalue weighted by Gasteiger charge is -2.28. The third kappa shape index (κ3) is 9.30. The van der Waals surface area contributed by atoms with Crippen LogP contribution < -0.4 is 14.8 Å². The highest BCUT2D eigenvalue weighted by Gasteiger charge is 2.23. The fraction of sp³-hybridized carbons (Fsp3) is 0.379. The van der Waals surface area contributed by atoms with Crippen LogP contribution in [0.2, 0.25) is 10.0 Å². The maximum Gasteiger partial charge on any atom is 0.322 e. The molecule has 0 radical (unpaired) electrons. The van der Waals surface area contributed by atoms with Crippen molar-refractivity contribution in [2.75, 3.05) is 52.9 Å². The molecule has 0 fully saturated rings. The van der Waals surface area contributed by atoms with Crippen molar-refractivity contribution < 1.29 is 23.8 Å². The Morgan fingerprint density at radius 1 is 0.925 bits per heavy atom. The minimum absolute atomic E-state index is 0.100. The van der Waals surface area contributed by atoms with Crippen molar-refractivity contribution in [2.24, 2.45) is 0 Å². The molecular weight excluding hydrogens is 573 g/mol. The predicted octanol–water partition coefficient (Wildman–Crippen LogP) is 6.52. The van der Waals surface area contributed by atoms with Crippen molar-refractivity contribution in [3.63, 3.8) is 0 Å². The molecule has 3 rings (SSSR count). The van der Waals surface area contributed by atoms with Crippen LogP contribution >= 0.6 is 34.5 Å². The van der Waals surface area contributed by atoms with Crippen LogP contribution in [-0.2, 0) is 22.5 Å². The minimum Gasteiger partial charge on any atom is -0.493 e. The standard InChI is InChI=1S/C29H35Cl2N3O5S/c1-20-6-9-23(40-20)18-33(14-12-21-7-11-26(38-3)27(16-21)39-4)28(35)19-34(13-5-15-37-2)29(36)32-25-10-8-22(30)17-24(25)31/h6-11,16-17H,5,12-15,18-19H2,1-4H3,(H,32,36). The fourth-order valence-corrected chi connectivity index (χ4v) is 5.41. The number of thiophene rings is 1. The molecule has 0 bridgehead atoms. The number of nitrogens with zero attached hydrogens (tertiary/aromatic N) is 2. The SMILES string of the molecule is COCCCN(CC(=O)N(CCc1ccc(OC)c(OC)c1)Cc1ccc(C)s1)C(=O)Nc1ccc(Cl)cc1Cl. The number of methoxy groups -OCH3 is 3. The number of nitrogens with one attached hydrogen (secondary N) is 1. The lowest BCUT2D eigenvalue weighted by atomic mass is 10.1. The van der Waals surface area contributed by atoms with E-state index in [2.05, 4.69) is 5.32 Å². The highest BCUT2D eigenvalue weighted by Crippen LogP contribution is 2.28. The third-order valence-electron chi connectivity index (χ3n) is 6.18. The van der Waals surface area contributed by atoms with E-state index in [1.165, 1.54) is 9.78 Å². The number of halogens is 2. The molecule has 11 heteroatoms. The van der Waals surface area contributed by atoms with E-state index in [1.807, 2.05) is 37.3 Å². The smallest absolute Gasteiger partial charge is 0.322 e. The van der Waals surface area contributed by atoms with E-state index in [0.717, 1.165) is 10.4 Å². The van der Waals surface area contributed by atoms with Gasteiger partial charge >= 0.3 is 6.03 Å². The van der Waals surface area contributed by atoms with Crippen molar-refractivity contribution in [3.8, 4) is 11.5 Å². The second kappa shape index (κ2) is 15.7. The summed E-state index contributed by atoms with van der Waals surface area (Å²) in [6.07, 6.45) is 1.17. The summed E-state index contributed by atoms with van der Waals surface area (Å²) in [5.41, 5.74) is 1.42. The van der Waals surface area contributed by atoms with Gasteiger partial charge in [-0.15, -0.1) is 11.3 Å². The van der Waals surface area contributed by atoms with Crippen LogP contribution in [0.3, 0.4) is 0 Å². The summed E-state index contributed by atoms with van der Waals surface area (Å²) in [5.74, 6) is 1.11. The molecule has 216 valence electrons. The number of hydrogen-bond donors (Lipinski definition) is 1. The van der Waals surface area contributed by atoms with Gasteiger partial charge < -0.3 is 29.3 Å². The Morgan fingerprint density at radius 3 is 2.35 bits per heavy atom. The molecule has 0 atom stereocenters. The minimum atomic E-state index is -0.430. The summed E-state index contributed by atoms with van der Waals surface area (Å²) < 4.78 is 16.0. The molecule has 0 saturated carbocycles. The molecule has 8 nitrogen and oxygen atoms in total. The first-order valence-electron chi connectivity index (χ1n) is 12.8. The zero-order chi connectivity index (χ0) is 29.1. The van der Waals surface area contributed by atoms with Crippen molar-refractivity contribution in [2.45, 2.75) is 26.3 Å². The zero-order valence-corrected chi connectivity index (χ0v) is 25.5. The first kappa shape index (κ1) is 31.5. The molecule has 40 heavy (non-hydrogen) atoms. The Kier molecular flexibility index (Phi) is 12.4. The van der Waals surface area contributed by atoms with E-state index in [-0.39, 0.29) is 12.5 Å². The van der Waals surface area contributed by atoms with E-state index in [0.29, 0.717) is 66.3 Å². The molecule has 2 aromatic carbocycles. The molecule has 0 spiro atoms. The fourth-order valence-electron chi connectivity index (χ4n) is 4.05. The summed E-state index contributed by atoms with van der Waals surface area (Å²) >= 11 is 13.9. The number of amides is 3. The number of benzene rings is 2. The third-order valence-corrected chi connectivity index (χ3v) is 7.71. The predicted molar refractivity (Wildman–Crippen MR) is 161 cm³/mol. The zero-order valence-electron chi connectivity index (χ0n) is 23.2. The average Bonchev–Trinajstić information content (AvgIpc) is 3.36. The van der Waals surface area contributed by atoms with Crippen LogP contribution in [-0.4, -0.2) is 69.3 Å². The van der Waals surface area contributed by atoms with Crippen LogP contribution in [0, 0.1) is 6.92 Å². The van der Waals surface area contributed by atoms with Crippen LogP contribution in [0.15, 0.2) is 48.5 Å². The number of rotatable bonds is 14. The van der Waals surface area contributed by atoms with E-state index >= 15 is 0 Å². The van der Waals surface area contributed by atoms with Crippen LogP contribution in [0.5, 0.6) is 11.5 Å². The molecule has 3 amide bonds. The van der Waals surface area contributed by atoms with E-state index < -0.39 is 6.03 Å². The molecule has 0 aliphatic heterocycles. The number of carbonyl (C=O) groups is 2. The highest BCUT2D eigenvalue weighted by molar-refractivity contribution is 7.11. The molecule has 0 unspecified atom stereocenters. The molecule has 1 N–H and O–H groups in total. The lowest BCUT2D eigenvalue weighted by Crippen LogP contribution is -2.45. The molecule has 1 heterocycles. The Hall–Kier alpha value is -2.98. The van der Waals surface area contributed by atoms with Gasteiger partial charge in [-0.3, -0.25) is 4.79 Å². The van der Waals surface area contributed by atoms with Gasteiger partial charge in [0.2, 0.25) is 5.91 Å². The van der Waals surface area contributed by atoms with Gasteiger partial charge in [-0.05, 0) is 67.8 Å². The molecule has 0 aliphatic carbocycles. The Morgan fingerprint density at radius 2 is 1.70 bits per heavy atom. The van der Waals surface area contributed by atoms with Gasteiger partial charge in [0.15, 0.2) is 11.5 Å². The molecule has 0 aliphatic rings. The van der Waals surface area contributed by atoms with Gasteiger partial charge in [0.1, 0.15) is 6.54 Å². The van der Waals surface area contributed by atoms with Crippen molar-refractivity contribution in [3.05, 3.63) is 73.9 Å². The first-order chi connectivity index (χ1) is 19.2. The van der Waals surface area contributed by atoms with Crippen LogP contribution in [0.1, 0.15) is 21.7 Å². The van der Waals surface area contributed by atoms with Gasteiger partial charge in [0, 0.05) is 41.6 Å². The van der Waals surface area contributed by atoms with Gasteiger partial charge in [-0.1, -0.05) is 29.3 Å². The number of anilines is 1. The lowest BCUT2D eigenvalue weighted by molar-refractivity contribution is -0.132. The summed E-state index contributed by atoms with van der Waals surface area (Å²) in [6.45, 7) is 3.63. The van der Waals surface area contributed by atoms with Gasteiger partial charge in [-0.2, -0.15) is 0 Å². The van der Waals surface area contributed by atoms with Crippen LogP contribution in [0.25, 0.3) is 0 Å². The monoisotopic (exact) mass is 607 g/mol. The maximum atomic E-state index is 13.7. The topological polar surface area (TPSA) is 80.3 Å². The molecule has 3 aromatic rings. The number of aryl methyl sites for hydroxylation is 1. The molecule has 0 saturated heterocycles. The second-order valence-electron chi connectivity index (χ2n) is 9.09. The van der Waals surface area contributed by atoms with Crippen molar-refractivity contribution in [1.29, 1.82) is 0 Å². The van der Waals surface area contributed by atoms with Gasteiger partial charge in [0.05, 0.1) is 31.5 Å². The second-order valence-corrected chi connectivity index (χ2v) is 11.3. The maximum absolute atomic E-state index is 13.7. The first-order valence-corrected chi connectivity index (χ1v) is 14.3. The van der Waals surface area contributed by atoms with E-state index in [1.54, 1.807) is 55.8 Å². The summed E-state index contributed by atoms with van der Waals surface area (Å²) in [6, 6.07) is 14.2. The number of carbonyl (C=O) groups excluding carboxylic acids is 2. The van der Waals surface area contributed by atoms with E-state index in [9.17, 15) is 9.59 Å². The summed E-state index contributed by atoms with van der Waals surface area (Å²) in [7, 11) is 4.79. The Labute approximate surface area is 249 Å².